The highest BCUT2D eigenvalue weighted by molar-refractivity contribution is 5.26. The highest BCUT2D eigenvalue weighted by Gasteiger charge is 2.09. The summed E-state index contributed by atoms with van der Waals surface area (Å²) in [6.45, 7) is 3.58. The third-order valence-electron chi connectivity index (χ3n) is 2.93. The summed E-state index contributed by atoms with van der Waals surface area (Å²) in [6.07, 6.45) is 0.361. The molecule has 0 atom stereocenters. The largest absolute Gasteiger partial charge is 0.392 e. The van der Waals surface area contributed by atoms with Crippen molar-refractivity contribution in [1.82, 2.24) is 9.97 Å². The predicted octanol–water partition coefficient (Wildman–Crippen LogP) is 2.32. The zero-order valence-electron chi connectivity index (χ0n) is 10.4. The fourth-order valence-corrected chi connectivity index (χ4v) is 1.93. The number of hydrogen-bond acceptors (Lipinski definition) is 3. The quantitative estimate of drug-likeness (QED) is 0.904. The van der Waals surface area contributed by atoms with Crippen LogP contribution in [0.4, 0.5) is 4.39 Å². The number of aliphatic hydroxyl groups is 1. The van der Waals surface area contributed by atoms with E-state index in [2.05, 4.69) is 9.97 Å². The van der Waals surface area contributed by atoms with Crippen molar-refractivity contribution in [2.45, 2.75) is 26.9 Å². The van der Waals surface area contributed by atoms with Crippen molar-refractivity contribution >= 4 is 0 Å². The monoisotopic (exact) mass is 246 g/mol. The van der Waals surface area contributed by atoms with Gasteiger partial charge in [0, 0.05) is 23.4 Å². The summed E-state index contributed by atoms with van der Waals surface area (Å²) < 4.78 is 13.5. The van der Waals surface area contributed by atoms with Crippen LogP contribution < -0.4 is 0 Å². The molecule has 1 aromatic carbocycles. The number of halogens is 1. The standard InChI is InChI=1S/C14H15FN2O/c1-9-12(8-18)10(2)17-14(16-9)7-11-5-3-4-6-13(11)15/h3-6,18H,7-8H2,1-2H3. The van der Waals surface area contributed by atoms with Crippen molar-refractivity contribution in [3.8, 4) is 0 Å². The van der Waals surface area contributed by atoms with Crippen LogP contribution in [0.3, 0.4) is 0 Å². The van der Waals surface area contributed by atoms with Crippen LogP contribution in [0.1, 0.15) is 28.3 Å². The molecule has 0 aliphatic heterocycles. The molecule has 0 spiro atoms. The highest BCUT2D eigenvalue weighted by Crippen LogP contribution is 2.14. The van der Waals surface area contributed by atoms with E-state index in [1.165, 1.54) is 6.07 Å². The van der Waals surface area contributed by atoms with Gasteiger partial charge in [-0.1, -0.05) is 18.2 Å². The highest BCUT2D eigenvalue weighted by atomic mass is 19.1. The second-order valence-corrected chi connectivity index (χ2v) is 4.22. The first-order valence-electron chi connectivity index (χ1n) is 5.79. The molecule has 0 unspecified atom stereocenters. The molecule has 1 heterocycles. The fourth-order valence-electron chi connectivity index (χ4n) is 1.93. The molecule has 18 heavy (non-hydrogen) atoms. The van der Waals surface area contributed by atoms with Gasteiger partial charge in [-0.25, -0.2) is 14.4 Å². The first-order valence-corrected chi connectivity index (χ1v) is 5.79. The number of aliphatic hydroxyl groups excluding tert-OH is 1. The predicted molar refractivity (Wildman–Crippen MR) is 66.6 cm³/mol. The lowest BCUT2D eigenvalue weighted by molar-refractivity contribution is 0.279. The van der Waals surface area contributed by atoms with E-state index in [4.69, 9.17) is 0 Å². The van der Waals surface area contributed by atoms with Gasteiger partial charge in [-0.3, -0.25) is 0 Å². The lowest BCUT2D eigenvalue weighted by atomic mass is 10.1. The van der Waals surface area contributed by atoms with E-state index in [-0.39, 0.29) is 12.4 Å². The second-order valence-electron chi connectivity index (χ2n) is 4.22. The Morgan fingerprint density at radius 3 is 2.28 bits per heavy atom. The van der Waals surface area contributed by atoms with Crippen molar-refractivity contribution in [3.63, 3.8) is 0 Å². The van der Waals surface area contributed by atoms with Gasteiger partial charge in [0.1, 0.15) is 11.6 Å². The summed E-state index contributed by atoms with van der Waals surface area (Å²) >= 11 is 0. The van der Waals surface area contributed by atoms with Gasteiger partial charge in [0.25, 0.3) is 0 Å². The Labute approximate surface area is 105 Å². The number of nitrogens with zero attached hydrogens (tertiary/aromatic N) is 2. The molecular weight excluding hydrogens is 231 g/mol. The minimum absolute atomic E-state index is 0.0718. The van der Waals surface area contributed by atoms with E-state index in [9.17, 15) is 9.50 Å². The van der Waals surface area contributed by atoms with E-state index in [1.807, 2.05) is 13.8 Å². The third-order valence-corrected chi connectivity index (χ3v) is 2.93. The van der Waals surface area contributed by atoms with Crippen LogP contribution in [0.15, 0.2) is 24.3 Å². The lowest BCUT2D eigenvalue weighted by Crippen LogP contribution is -2.06. The van der Waals surface area contributed by atoms with Crippen LogP contribution in [-0.4, -0.2) is 15.1 Å². The zero-order chi connectivity index (χ0) is 13.1. The zero-order valence-corrected chi connectivity index (χ0v) is 10.4. The minimum atomic E-state index is -0.248. The maximum atomic E-state index is 13.5. The number of aromatic nitrogens is 2. The normalized spacial score (nSPS) is 10.7. The molecule has 0 saturated heterocycles. The third kappa shape index (κ3) is 2.54. The van der Waals surface area contributed by atoms with E-state index >= 15 is 0 Å². The SMILES string of the molecule is Cc1nc(Cc2ccccc2F)nc(C)c1CO. The van der Waals surface area contributed by atoms with E-state index in [0.717, 1.165) is 17.0 Å². The average Bonchev–Trinajstić information content (AvgIpc) is 2.32. The summed E-state index contributed by atoms with van der Waals surface area (Å²) in [7, 11) is 0. The van der Waals surface area contributed by atoms with Gasteiger partial charge in [-0.2, -0.15) is 0 Å². The molecule has 2 rings (SSSR count). The van der Waals surface area contributed by atoms with Crippen molar-refractivity contribution in [3.05, 3.63) is 58.4 Å². The second kappa shape index (κ2) is 5.23. The van der Waals surface area contributed by atoms with Crippen LogP contribution in [0.25, 0.3) is 0 Å². The lowest BCUT2D eigenvalue weighted by Gasteiger charge is -2.09. The molecule has 1 aromatic heterocycles. The number of benzene rings is 1. The minimum Gasteiger partial charge on any atom is -0.392 e. The van der Waals surface area contributed by atoms with Gasteiger partial charge in [0.15, 0.2) is 0 Å². The Bertz CT molecular complexity index is 546. The smallest absolute Gasteiger partial charge is 0.133 e. The molecule has 0 aliphatic rings. The van der Waals surface area contributed by atoms with Crippen LogP contribution in [-0.2, 0) is 13.0 Å². The van der Waals surface area contributed by atoms with Gasteiger partial charge in [0.2, 0.25) is 0 Å². The summed E-state index contributed by atoms with van der Waals surface area (Å²) in [4.78, 5) is 8.61. The van der Waals surface area contributed by atoms with Crippen LogP contribution in [0.2, 0.25) is 0 Å². The van der Waals surface area contributed by atoms with Crippen LogP contribution in [0, 0.1) is 19.7 Å². The Morgan fingerprint density at radius 2 is 1.72 bits per heavy atom. The van der Waals surface area contributed by atoms with Gasteiger partial charge in [-0.15, -0.1) is 0 Å². The molecule has 3 nitrogen and oxygen atoms in total. The summed E-state index contributed by atoms with van der Waals surface area (Å²) in [5.74, 6) is 0.329. The summed E-state index contributed by atoms with van der Waals surface area (Å²) in [6, 6.07) is 6.60. The molecule has 0 bridgehead atoms. The van der Waals surface area contributed by atoms with Crippen LogP contribution in [0.5, 0.6) is 0 Å². The molecule has 1 N–H and O–H groups in total. The Hall–Kier alpha value is -1.81. The molecule has 94 valence electrons. The molecule has 0 saturated carbocycles. The molecule has 2 aromatic rings. The topological polar surface area (TPSA) is 46.0 Å². The fraction of sp³-hybridized carbons (Fsp3) is 0.286. The Morgan fingerprint density at radius 1 is 1.11 bits per heavy atom. The molecular formula is C14H15FN2O. The van der Waals surface area contributed by atoms with Gasteiger partial charge >= 0.3 is 0 Å². The van der Waals surface area contributed by atoms with Gasteiger partial charge in [0.05, 0.1) is 6.61 Å². The molecule has 0 radical (unpaired) electrons. The number of aryl methyl sites for hydroxylation is 2. The molecule has 0 amide bonds. The molecule has 0 fully saturated rings. The molecule has 0 aliphatic carbocycles. The van der Waals surface area contributed by atoms with Crippen molar-refractivity contribution in [1.29, 1.82) is 0 Å². The van der Waals surface area contributed by atoms with Crippen LogP contribution >= 0.6 is 0 Å². The maximum absolute atomic E-state index is 13.5. The van der Waals surface area contributed by atoms with E-state index in [1.54, 1.807) is 18.2 Å². The first-order chi connectivity index (χ1) is 8.61. The Balaban J connectivity index is 2.34. The van der Waals surface area contributed by atoms with E-state index in [0.29, 0.717) is 17.8 Å². The number of rotatable bonds is 3. The van der Waals surface area contributed by atoms with Crippen molar-refractivity contribution in [2.75, 3.05) is 0 Å². The van der Waals surface area contributed by atoms with Gasteiger partial charge < -0.3 is 5.11 Å². The first kappa shape index (κ1) is 12.6. The maximum Gasteiger partial charge on any atom is 0.133 e. The number of hydrogen-bond donors (Lipinski definition) is 1. The van der Waals surface area contributed by atoms with Crippen molar-refractivity contribution < 1.29 is 9.50 Å². The van der Waals surface area contributed by atoms with Crippen molar-refractivity contribution in [2.24, 2.45) is 0 Å². The van der Waals surface area contributed by atoms with Gasteiger partial charge in [-0.05, 0) is 25.5 Å². The summed E-state index contributed by atoms with van der Waals surface area (Å²) in [5.41, 5.74) is 2.81. The molecule has 4 heteroatoms. The van der Waals surface area contributed by atoms with E-state index < -0.39 is 0 Å². The average molecular weight is 246 g/mol. The summed E-state index contributed by atoms with van der Waals surface area (Å²) in [5, 5.41) is 9.18. The Kier molecular flexibility index (Phi) is 3.67.